The first-order valence-electron chi connectivity index (χ1n) is 5.99. The average molecular weight is 264 g/mol. The van der Waals surface area contributed by atoms with Crippen molar-refractivity contribution in [2.45, 2.75) is 19.8 Å². The molecule has 4 heteroatoms. The van der Waals surface area contributed by atoms with Crippen LogP contribution in [-0.4, -0.2) is 27.3 Å². The molecule has 0 saturated carbocycles. The van der Waals surface area contributed by atoms with Crippen molar-refractivity contribution in [2.24, 2.45) is 0 Å². The third-order valence-corrected chi connectivity index (χ3v) is 3.03. The summed E-state index contributed by atoms with van der Waals surface area (Å²) < 4.78 is 15.6. The summed E-state index contributed by atoms with van der Waals surface area (Å²) in [4.78, 5) is 11.1. The minimum atomic E-state index is 0.0801. The summed E-state index contributed by atoms with van der Waals surface area (Å²) in [6.07, 6.45) is 0.771. The van der Waals surface area contributed by atoms with E-state index in [0.29, 0.717) is 17.1 Å². The summed E-state index contributed by atoms with van der Waals surface area (Å²) in [7, 11) is 3.07. The fourth-order valence-electron chi connectivity index (χ4n) is 1.72. The quantitative estimate of drug-likeness (QED) is 0.431. The maximum Gasteiger partial charge on any atom is 0.188 e. The number of carbonyl (C=O) groups is 1. The van der Waals surface area contributed by atoms with Crippen LogP contribution in [0.4, 0.5) is 0 Å². The van der Waals surface area contributed by atoms with Gasteiger partial charge in [-0.15, -0.1) is 0 Å². The van der Waals surface area contributed by atoms with E-state index in [9.17, 15) is 4.79 Å². The van der Waals surface area contributed by atoms with E-state index in [0.717, 1.165) is 17.4 Å². The number of carbonyl (C=O) groups excluding carboxylic acids is 1. The van der Waals surface area contributed by atoms with Gasteiger partial charge in [-0.05, 0) is 13.0 Å². The van der Waals surface area contributed by atoms with E-state index in [1.54, 1.807) is 19.2 Å². The standard InChI is InChI=1S/C15H20O4/c1-10(2)11(3)13-6-12(8-16)14(18-5)7-15(13)19-9-17-4/h6-8,11H,1,9H2,2-5H3/t11-/m1/s1. The van der Waals surface area contributed by atoms with Crippen LogP contribution in [0.3, 0.4) is 0 Å². The zero-order valence-electron chi connectivity index (χ0n) is 11.9. The van der Waals surface area contributed by atoms with E-state index in [1.807, 2.05) is 13.8 Å². The maximum atomic E-state index is 11.1. The molecule has 0 aliphatic heterocycles. The summed E-state index contributed by atoms with van der Waals surface area (Å²) in [6, 6.07) is 3.48. The van der Waals surface area contributed by atoms with Crippen LogP contribution in [0.5, 0.6) is 11.5 Å². The van der Waals surface area contributed by atoms with Gasteiger partial charge in [-0.1, -0.05) is 19.1 Å². The summed E-state index contributed by atoms with van der Waals surface area (Å²) in [5.41, 5.74) is 2.38. The molecule has 0 spiro atoms. The van der Waals surface area contributed by atoms with E-state index in [4.69, 9.17) is 14.2 Å². The Labute approximate surface area is 114 Å². The second kappa shape index (κ2) is 6.95. The van der Waals surface area contributed by atoms with E-state index < -0.39 is 0 Å². The number of hydrogen-bond acceptors (Lipinski definition) is 4. The van der Waals surface area contributed by atoms with Gasteiger partial charge >= 0.3 is 0 Å². The molecule has 0 unspecified atom stereocenters. The largest absolute Gasteiger partial charge is 0.496 e. The van der Waals surface area contributed by atoms with Gasteiger partial charge in [0.1, 0.15) is 11.5 Å². The van der Waals surface area contributed by atoms with E-state index >= 15 is 0 Å². The number of hydrogen-bond donors (Lipinski definition) is 0. The van der Waals surface area contributed by atoms with Crippen LogP contribution in [0, 0.1) is 0 Å². The molecular weight excluding hydrogens is 244 g/mol. The molecule has 0 radical (unpaired) electrons. The Kier molecular flexibility index (Phi) is 5.57. The Balaban J connectivity index is 3.30. The van der Waals surface area contributed by atoms with Gasteiger partial charge in [0.2, 0.25) is 0 Å². The Hall–Kier alpha value is -1.81. The topological polar surface area (TPSA) is 44.8 Å². The lowest BCUT2D eigenvalue weighted by atomic mass is 9.92. The molecule has 1 aromatic rings. The van der Waals surface area contributed by atoms with Crippen molar-refractivity contribution < 1.29 is 19.0 Å². The zero-order valence-corrected chi connectivity index (χ0v) is 11.9. The number of methoxy groups -OCH3 is 2. The van der Waals surface area contributed by atoms with Gasteiger partial charge < -0.3 is 14.2 Å². The van der Waals surface area contributed by atoms with E-state index in [2.05, 4.69) is 6.58 Å². The van der Waals surface area contributed by atoms with Gasteiger partial charge in [0.15, 0.2) is 13.1 Å². The second-order valence-electron chi connectivity index (χ2n) is 4.37. The molecule has 1 atom stereocenters. The molecular formula is C15H20O4. The summed E-state index contributed by atoms with van der Waals surface area (Å²) in [5.74, 6) is 1.20. The Morgan fingerprint density at radius 3 is 2.53 bits per heavy atom. The zero-order chi connectivity index (χ0) is 14.4. The van der Waals surface area contributed by atoms with Crippen LogP contribution < -0.4 is 9.47 Å². The van der Waals surface area contributed by atoms with Crippen LogP contribution in [0.2, 0.25) is 0 Å². The molecule has 0 saturated heterocycles. The van der Waals surface area contributed by atoms with Gasteiger partial charge in [-0.25, -0.2) is 0 Å². The van der Waals surface area contributed by atoms with Gasteiger partial charge in [-0.3, -0.25) is 4.79 Å². The van der Waals surface area contributed by atoms with Crippen molar-refractivity contribution in [3.63, 3.8) is 0 Å². The molecule has 0 bridgehead atoms. The Morgan fingerprint density at radius 1 is 1.37 bits per heavy atom. The minimum Gasteiger partial charge on any atom is -0.496 e. The van der Waals surface area contributed by atoms with Gasteiger partial charge in [0.25, 0.3) is 0 Å². The molecule has 0 aromatic heterocycles. The average Bonchev–Trinajstić information content (AvgIpc) is 2.43. The van der Waals surface area contributed by atoms with Crippen molar-refractivity contribution in [1.29, 1.82) is 0 Å². The Bertz CT molecular complexity index is 465. The summed E-state index contributed by atoms with van der Waals surface area (Å²) in [6.45, 7) is 8.04. The molecule has 0 heterocycles. The highest BCUT2D eigenvalue weighted by molar-refractivity contribution is 5.80. The molecule has 1 aromatic carbocycles. The normalized spacial score (nSPS) is 11.8. The molecule has 0 aliphatic carbocycles. The molecule has 0 fully saturated rings. The molecule has 0 aliphatic rings. The highest BCUT2D eigenvalue weighted by Gasteiger charge is 2.17. The fraction of sp³-hybridized carbons (Fsp3) is 0.400. The monoisotopic (exact) mass is 264 g/mol. The third kappa shape index (κ3) is 3.58. The number of benzene rings is 1. The molecule has 0 N–H and O–H groups in total. The first-order chi connectivity index (χ1) is 9.04. The number of ether oxygens (including phenoxy) is 3. The maximum absolute atomic E-state index is 11.1. The third-order valence-electron chi connectivity index (χ3n) is 3.03. The fourth-order valence-corrected chi connectivity index (χ4v) is 1.72. The molecule has 19 heavy (non-hydrogen) atoms. The van der Waals surface area contributed by atoms with Crippen LogP contribution in [0.1, 0.15) is 35.7 Å². The van der Waals surface area contributed by atoms with Crippen molar-refractivity contribution in [3.05, 3.63) is 35.4 Å². The minimum absolute atomic E-state index is 0.0801. The highest BCUT2D eigenvalue weighted by atomic mass is 16.7. The van der Waals surface area contributed by atoms with E-state index in [1.165, 1.54) is 7.11 Å². The van der Waals surface area contributed by atoms with Crippen molar-refractivity contribution >= 4 is 6.29 Å². The highest BCUT2D eigenvalue weighted by Crippen LogP contribution is 2.35. The van der Waals surface area contributed by atoms with Gasteiger partial charge in [0.05, 0.1) is 12.7 Å². The smallest absolute Gasteiger partial charge is 0.188 e. The van der Waals surface area contributed by atoms with Gasteiger partial charge in [-0.2, -0.15) is 0 Å². The molecule has 4 nitrogen and oxygen atoms in total. The number of aldehydes is 1. The SMILES string of the molecule is C=C(C)[C@@H](C)c1cc(C=O)c(OC)cc1OCOC. The molecule has 104 valence electrons. The first kappa shape index (κ1) is 15.2. The Morgan fingerprint density at radius 2 is 2.05 bits per heavy atom. The van der Waals surface area contributed by atoms with Crippen LogP contribution in [0.15, 0.2) is 24.3 Å². The van der Waals surface area contributed by atoms with Crippen LogP contribution in [-0.2, 0) is 4.74 Å². The molecule has 1 rings (SSSR count). The lowest BCUT2D eigenvalue weighted by Gasteiger charge is -2.19. The lowest BCUT2D eigenvalue weighted by molar-refractivity contribution is 0.0501. The van der Waals surface area contributed by atoms with Crippen molar-refractivity contribution in [1.82, 2.24) is 0 Å². The number of allylic oxidation sites excluding steroid dienone is 1. The van der Waals surface area contributed by atoms with E-state index in [-0.39, 0.29) is 12.7 Å². The second-order valence-corrected chi connectivity index (χ2v) is 4.37. The molecule has 0 amide bonds. The summed E-state index contributed by atoms with van der Waals surface area (Å²) >= 11 is 0. The first-order valence-corrected chi connectivity index (χ1v) is 5.99. The predicted octanol–water partition coefficient (Wildman–Crippen LogP) is 3.17. The number of rotatable bonds is 7. The predicted molar refractivity (Wildman–Crippen MR) is 74.1 cm³/mol. The summed E-state index contributed by atoms with van der Waals surface area (Å²) in [5, 5.41) is 0. The lowest BCUT2D eigenvalue weighted by Crippen LogP contribution is -2.06. The van der Waals surface area contributed by atoms with Crippen molar-refractivity contribution in [3.8, 4) is 11.5 Å². The van der Waals surface area contributed by atoms with Gasteiger partial charge in [0, 0.05) is 24.7 Å². The van der Waals surface area contributed by atoms with Crippen LogP contribution in [0.25, 0.3) is 0 Å². The van der Waals surface area contributed by atoms with Crippen molar-refractivity contribution in [2.75, 3.05) is 21.0 Å². The van der Waals surface area contributed by atoms with Crippen LogP contribution >= 0.6 is 0 Å².